The second-order valence-corrected chi connectivity index (χ2v) is 3.56. The molecule has 1 rings (SSSR count). The van der Waals surface area contributed by atoms with Crippen molar-refractivity contribution in [1.29, 1.82) is 0 Å². The van der Waals surface area contributed by atoms with Gasteiger partial charge in [0.25, 0.3) is 0 Å². The van der Waals surface area contributed by atoms with Crippen molar-refractivity contribution in [3.8, 4) is 0 Å². The Hall–Kier alpha value is -0.970. The number of carbonyl (C=O) groups excluding carboxylic acids is 1. The van der Waals surface area contributed by atoms with Gasteiger partial charge in [-0.1, -0.05) is 11.6 Å². The first-order valence-corrected chi connectivity index (χ1v) is 5.00. The van der Waals surface area contributed by atoms with Crippen LogP contribution in [-0.2, 0) is 9.47 Å². The summed E-state index contributed by atoms with van der Waals surface area (Å²) in [6.07, 6.45) is -0.536. The number of halogens is 2. The first kappa shape index (κ1) is 13.1. The van der Waals surface area contributed by atoms with E-state index in [4.69, 9.17) is 21.1 Å². The van der Waals surface area contributed by atoms with Gasteiger partial charge in [0.1, 0.15) is 5.82 Å². The van der Waals surface area contributed by atoms with Gasteiger partial charge in [0.15, 0.2) is 12.1 Å². The molecule has 0 aliphatic carbocycles. The van der Waals surface area contributed by atoms with Crippen LogP contribution in [0.4, 0.5) is 4.39 Å². The summed E-state index contributed by atoms with van der Waals surface area (Å²) < 4.78 is 22.7. The summed E-state index contributed by atoms with van der Waals surface area (Å²) in [5.74, 6) is -0.760. The van der Waals surface area contributed by atoms with Crippen molar-refractivity contribution in [1.82, 2.24) is 0 Å². The van der Waals surface area contributed by atoms with Crippen LogP contribution in [0.2, 0.25) is 5.02 Å². The molecule has 1 aromatic carbocycles. The van der Waals surface area contributed by atoms with Crippen LogP contribution in [0, 0.1) is 5.82 Å². The van der Waals surface area contributed by atoms with E-state index in [2.05, 4.69) is 0 Å². The van der Waals surface area contributed by atoms with Crippen molar-refractivity contribution < 1.29 is 18.7 Å². The zero-order chi connectivity index (χ0) is 12.1. The van der Waals surface area contributed by atoms with Gasteiger partial charge in [-0.05, 0) is 18.2 Å². The summed E-state index contributed by atoms with van der Waals surface area (Å²) in [6, 6.07) is 3.83. The third-order valence-electron chi connectivity index (χ3n) is 2.12. The van der Waals surface area contributed by atoms with Crippen molar-refractivity contribution in [2.75, 3.05) is 14.2 Å². The molecule has 0 saturated heterocycles. The molecule has 0 N–H and O–H groups in total. The van der Waals surface area contributed by atoms with Crippen LogP contribution >= 0.6 is 11.6 Å². The first-order chi connectivity index (χ1) is 7.58. The van der Waals surface area contributed by atoms with Gasteiger partial charge in [-0.3, -0.25) is 4.79 Å². The van der Waals surface area contributed by atoms with Crippen molar-refractivity contribution in [3.05, 3.63) is 34.6 Å². The molecule has 0 saturated carbocycles. The number of rotatable bonds is 5. The summed E-state index contributed by atoms with van der Waals surface area (Å²) in [6.45, 7) is 0. The van der Waals surface area contributed by atoms with E-state index in [9.17, 15) is 9.18 Å². The van der Waals surface area contributed by atoms with Crippen LogP contribution in [0.3, 0.4) is 0 Å². The highest BCUT2D eigenvalue weighted by Gasteiger charge is 2.15. The molecule has 16 heavy (non-hydrogen) atoms. The zero-order valence-corrected chi connectivity index (χ0v) is 9.75. The lowest BCUT2D eigenvalue weighted by Crippen LogP contribution is -2.18. The summed E-state index contributed by atoms with van der Waals surface area (Å²) in [5.41, 5.74) is 0.338. The van der Waals surface area contributed by atoms with E-state index in [0.29, 0.717) is 5.56 Å². The highest BCUT2D eigenvalue weighted by molar-refractivity contribution is 6.31. The van der Waals surface area contributed by atoms with Gasteiger partial charge in [-0.15, -0.1) is 0 Å². The Morgan fingerprint density at radius 2 is 2.06 bits per heavy atom. The maximum atomic E-state index is 12.9. The quantitative estimate of drug-likeness (QED) is 0.592. The number of ether oxygens (including phenoxy) is 2. The topological polar surface area (TPSA) is 35.5 Å². The Kier molecular flexibility index (Phi) is 4.86. The third-order valence-corrected chi connectivity index (χ3v) is 2.41. The Labute approximate surface area is 98.1 Å². The fourth-order valence-corrected chi connectivity index (χ4v) is 1.38. The molecule has 5 heteroatoms. The number of methoxy groups -OCH3 is 2. The van der Waals surface area contributed by atoms with Gasteiger partial charge >= 0.3 is 0 Å². The average Bonchev–Trinajstić information content (AvgIpc) is 2.29. The summed E-state index contributed by atoms with van der Waals surface area (Å²) in [4.78, 5) is 11.7. The molecule has 0 heterocycles. The molecule has 0 spiro atoms. The summed E-state index contributed by atoms with van der Waals surface area (Å²) in [5, 5.41) is -0.0720. The fraction of sp³-hybridized carbons (Fsp3) is 0.364. The molecular formula is C11H12ClFO3. The number of Topliss-reactive ketones (excluding diaryl/α,β-unsaturated/α-hetero) is 1. The van der Waals surface area contributed by atoms with Gasteiger partial charge < -0.3 is 9.47 Å². The molecule has 0 aromatic heterocycles. The van der Waals surface area contributed by atoms with Crippen LogP contribution < -0.4 is 0 Å². The van der Waals surface area contributed by atoms with Gasteiger partial charge in [0.2, 0.25) is 0 Å². The summed E-state index contributed by atoms with van der Waals surface area (Å²) in [7, 11) is 2.89. The van der Waals surface area contributed by atoms with Crippen LogP contribution in [-0.4, -0.2) is 26.3 Å². The van der Waals surface area contributed by atoms with Crippen molar-refractivity contribution in [2.45, 2.75) is 12.7 Å². The number of ketones is 1. The van der Waals surface area contributed by atoms with Crippen molar-refractivity contribution in [3.63, 3.8) is 0 Å². The van der Waals surface area contributed by atoms with E-state index >= 15 is 0 Å². The minimum absolute atomic E-state index is 0.0644. The first-order valence-electron chi connectivity index (χ1n) is 4.62. The van der Waals surface area contributed by atoms with Gasteiger partial charge in [-0.2, -0.15) is 0 Å². The van der Waals surface area contributed by atoms with Crippen molar-refractivity contribution >= 4 is 17.4 Å². The molecule has 0 unspecified atom stereocenters. The molecule has 0 aliphatic rings. The predicted octanol–water partition coefficient (Wildman–Crippen LogP) is 2.67. The Morgan fingerprint density at radius 1 is 1.44 bits per heavy atom. The van der Waals surface area contributed by atoms with E-state index in [1.165, 1.54) is 26.4 Å². The van der Waals surface area contributed by atoms with E-state index in [1.807, 2.05) is 0 Å². The van der Waals surface area contributed by atoms with E-state index in [0.717, 1.165) is 6.07 Å². The largest absolute Gasteiger partial charge is 0.355 e. The average molecular weight is 247 g/mol. The molecular weight excluding hydrogens is 235 g/mol. The van der Waals surface area contributed by atoms with E-state index in [-0.39, 0.29) is 17.2 Å². The molecule has 1 aromatic rings. The number of hydrogen-bond donors (Lipinski definition) is 0. The molecule has 0 fully saturated rings. The van der Waals surface area contributed by atoms with Gasteiger partial charge in [0.05, 0.1) is 11.4 Å². The molecule has 0 bridgehead atoms. The zero-order valence-electron chi connectivity index (χ0n) is 9.00. The third kappa shape index (κ3) is 3.27. The molecule has 0 radical (unpaired) electrons. The second-order valence-electron chi connectivity index (χ2n) is 3.16. The Balaban J connectivity index is 2.76. The second kappa shape index (κ2) is 5.94. The maximum absolute atomic E-state index is 12.9. The molecule has 88 valence electrons. The Bertz CT molecular complexity index is 377. The van der Waals surface area contributed by atoms with E-state index in [1.54, 1.807) is 0 Å². The fourth-order valence-electron chi connectivity index (χ4n) is 1.20. The van der Waals surface area contributed by atoms with Crippen LogP contribution in [0.15, 0.2) is 18.2 Å². The van der Waals surface area contributed by atoms with Gasteiger partial charge in [-0.25, -0.2) is 4.39 Å². The van der Waals surface area contributed by atoms with Crippen LogP contribution in [0.5, 0.6) is 0 Å². The minimum Gasteiger partial charge on any atom is -0.355 e. The Morgan fingerprint density at radius 3 is 2.56 bits per heavy atom. The lowest BCUT2D eigenvalue weighted by Gasteiger charge is -2.12. The molecule has 0 aliphatic heterocycles. The van der Waals surface area contributed by atoms with Crippen molar-refractivity contribution in [2.24, 2.45) is 0 Å². The minimum atomic E-state index is -0.601. The maximum Gasteiger partial charge on any atom is 0.167 e. The molecule has 0 amide bonds. The highest BCUT2D eigenvalue weighted by Crippen LogP contribution is 2.17. The molecule has 3 nitrogen and oxygen atoms in total. The standard InChI is InChI=1S/C11H12ClFO3/c1-15-11(16-2)6-10(14)7-3-4-9(13)8(12)5-7/h3-5,11H,6H2,1-2H3. The number of hydrogen-bond acceptors (Lipinski definition) is 3. The monoisotopic (exact) mass is 246 g/mol. The van der Waals surface area contributed by atoms with E-state index < -0.39 is 12.1 Å². The smallest absolute Gasteiger partial charge is 0.167 e. The lowest BCUT2D eigenvalue weighted by atomic mass is 10.1. The normalized spacial score (nSPS) is 10.8. The SMILES string of the molecule is COC(CC(=O)c1ccc(F)c(Cl)c1)OC. The van der Waals surface area contributed by atoms with Crippen LogP contribution in [0.1, 0.15) is 16.8 Å². The van der Waals surface area contributed by atoms with Crippen LogP contribution in [0.25, 0.3) is 0 Å². The number of benzene rings is 1. The lowest BCUT2D eigenvalue weighted by molar-refractivity contribution is -0.0993. The number of carbonyl (C=O) groups is 1. The van der Waals surface area contributed by atoms with Gasteiger partial charge in [0, 0.05) is 19.8 Å². The summed E-state index contributed by atoms with van der Waals surface area (Å²) >= 11 is 5.57. The highest BCUT2D eigenvalue weighted by atomic mass is 35.5. The molecule has 0 atom stereocenters. The predicted molar refractivity (Wildman–Crippen MR) is 58.2 cm³/mol.